The number of hydrogen-bond donors (Lipinski definition) is 2. The van der Waals surface area contributed by atoms with Crippen LogP contribution in [0.5, 0.6) is 0 Å². The first-order valence-electron chi connectivity index (χ1n) is 6.71. The molecule has 0 aliphatic carbocycles. The number of nitrogens with one attached hydrogen (secondary N) is 1. The molecule has 1 amide bonds. The van der Waals surface area contributed by atoms with Gasteiger partial charge in [-0.2, -0.15) is 5.26 Å². The van der Waals surface area contributed by atoms with Gasteiger partial charge >= 0.3 is 0 Å². The standard InChI is InChI=1S/C15H19N3O2/c1-11-2-3-12(9-16)8-13(11)18-14(19)15(10-17)4-6-20-7-5-15/h2-3,8H,4-7,10,17H2,1H3,(H,18,19). The first-order chi connectivity index (χ1) is 9.61. The normalized spacial score (nSPS) is 17.2. The minimum absolute atomic E-state index is 0.0820. The molecule has 0 aromatic heterocycles. The lowest BCUT2D eigenvalue weighted by Crippen LogP contribution is -2.46. The second-order valence-electron chi connectivity index (χ2n) is 5.19. The number of ether oxygens (including phenoxy) is 1. The molecule has 1 heterocycles. The molecular weight excluding hydrogens is 254 g/mol. The molecule has 0 spiro atoms. The summed E-state index contributed by atoms with van der Waals surface area (Å²) < 4.78 is 5.31. The summed E-state index contributed by atoms with van der Waals surface area (Å²) in [6, 6.07) is 7.33. The summed E-state index contributed by atoms with van der Waals surface area (Å²) in [6.45, 7) is 3.32. The molecular formula is C15H19N3O2. The highest BCUT2D eigenvalue weighted by molar-refractivity contribution is 5.96. The van der Waals surface area contributed by atoms with Crippen molar-refractivity contribution in [1.82, 2.24) is 0 Å². The fraction of sp³-hybridized carbons (Fsp3) is 0.467. The van der Waals surface area contributed by atoms with Crippen molar-refractivity contribution < 1.29 is 9.53 Å². The summed E-state index contributed by atoms with van der Waals surface area (Å²) in [5.41, 5.74) is 7.39. The summed E-state index contributed by atoms with van der Waals surface area (Å²) in [5.74, 6) is -0.0820. The molecule has 2 rings (SSSR count). The molecule has 106 valence electrons. The van der Waals surface area contributed by atoms with Gasteiger partial charge in [0.25, 0.3) is 0 Å². The summed E-state index contributed by atoms with van der Waals surface area (Å²) >= 11 is 0. The molecule has 0 unspecified atom stereocenters. The number of amides is 1. The maximum atomic E-state index is 12.5. The largest absolute Gasteiger partial charge is 0.381 e. The second kappa shape index (κ2) is 6.04. The molecule has 1 saturated heterocycles. The van der Waals surface area contributed by atoms with Gasteiger partial charge in [0.15, 0.2) is 0 Å². The van der Waals surface area contributed by atoms with Gasteiger partial charge in [-0.05, 0) is 37.5 Å². The fourth-order valence-electron chi connectivity index (χ4n) is 2.37. The second-order valence-corrected chi connectivity index (χ2v) is 5.19. The van der Waals surface area contributed by atoms with Gasteiger partial charge in [-0.1, -0.05) is 6.07 Å². The number of anilines is 1. The lowest BCUT2D eigenvalue weighted by atomic mass is 9.79. The Morgan fingerprint density at radius 3 is 2.80 bits per heavy atom. The Morgan fingerprint density at radius 2 is 2.20 bits per heavy atom. The maximum absolute atomic E-state index is 12.5. The van der Waals surface area contributed by atoms with E-state index in [1.165, 1.54) is 0 Å². The van der Waals surface area contributed by atoms with Crippen LogP contribution in [-0.4, -0.2) is 25.7 Å². The highest BCUT2D eigenvalue weighted by Gasteiger charge is 2.38. The van der Waals surface area contributed by atoms with E-state index in [9.17, 15) is 4.79 Å². The Balaban J connectivity index is 2.20. The van der Waals surface area contributed by atoms with Crippen molar-refractivity contribution in [1.29, 1.82) is 5.26 Å². The van der Waals surface area contributed by atoms with Crippen LogP contribution >= 0.6 is 0 Å². The minimum atomic E-state index is -0.562. The molecule has 0 saturated carbocycles. The number of hydrogen-bond acceptors (Lipinski definition) is 4. The molecule has 3 N–H and O–H groups in total. The third-order valence-electron chi connectivity index (χ3n) is 3.94. The molecule has 1 fully saturated rings. The van der Waals surface area contributed by atoms with Crippen molar-refractivity contribution in [2.24, 2.45) is 11.1 Å². The lowest BCUT2D eigenvalue weighted by Gasteiger charge is -2.34. The zero-order valence-electron chi connectivity index (χ0n) is 11.6. The molecule has 0 bridgehead atoms. The zero-order valence-corrected chi connectivity index (χ0v) is 11.6. The van der Waals surface area contributed by atoms with Crippen molar-refractivity contribution in [3.63, 3.8) is 0 Å². The predicted molar refractivity (Wildman–Crippen MR) is 76.1 cm³/mol. The van der Waals surface area contributed by atoms with E-state index < -0.39 is 5.41 Å². The number of nitrogens with two attached hydrogens (primary N) is 1. The Morgan fingerprint density at radius 1 is 1.50 bits per heavy atom. The van der Waals surface area contributed by atoms with Gasteiger partial charge in [-0.15, -0.1) is 0 Å². The van der Waals surface area contributed by atoms with Crippen LogP contribution in [0, 0.1) is 23.7 Å². The van der Waals surface area contributed by atoms with Crippen LogP contribution in [0.15, 0.2) is 18.2 Å². The van der Waals surface area contributed by atoms with Crippen LogP contribution < -0.4 is 11.1 Å². The average molecular weight is 273 g/mol. The summed E-state index contributed by atoms with van der Waals surface area (Å²) in [6.07, 6.45) is 1.26. The number of nitriles is 1. The number of benzene rings is 1. The van der Waals surface area contributed by atoms with Crippen LogP contribution in [0.25, 0.3) is 0 Å². The summed E-state index contributed by atoms with van der Waals surface area (Å²) in [7, 11) is 0. The van der Waals surface area contributed by atoms with E-state index in [1.54, 1.807) is 12.1 Å². The molecule has 20 heavy (non-hydrogen) atoms. The van der Waals surface area contributed by atoms with Gasteiger partial charge in [0.1, 0.15) is 0 Å². The van der Waals surface area contributed by atoms with Crippen molar-refractivity contribution in [3.05, 3.63) is 29.3 Å². The molecule has 1 aliphatic rings. The Bertz CT molecular complexity index is 543. The first kappa shape index (κ1) is 14.5. The van der Waals surface area contributed by atoms with Gasteiger partial charge in [0.05, 0.1) is 17.0 Å². The van der Waals surface area contributed by atoms with Gasteiger partial charge in [0, 0.05) is 25.4 Å². The van der Waals surface area contributed by atoms with E-state index in [0.717, 1.165) is 5.56 Å². The molecule has 1 aliphatic heterocycles. The average Bonchev–Trinajstić information content (AvgIpc) is 2.50. The highest BCUT2D eigenvalue weighted by Crippen LogP contribution is 2.31. The lowest BCUT2D eigenvalue weighted by molar-refractivity contribution is -0.130. The van der Waals surface area contributed by atoms with Crippen LogP contribution in [0.4, 0.5) is 5.69 Å². The summed E-state index contributed by atoms with van der Waals surface area (Å²) in [5, 5.41) is 11.9. The Hall–Kier alpha value is -1.90. The molecule has 0 atom stereocenters. The third kappa shape index (κ3) is 2.82. The Kier molecular flexibility index (Phi) is 4.38. The number of aryl methyl sites for hydroxylation is 1. The van der Waals surface area contributed by atoms with Crippen molar-refractivity contribution in [3.8, 4) is 6.07 Å². The van der Waals surface area contributed by atoms with Crippen molar-refractivity contribution in [2.45, 2.75) is 19.8 Å². The SMILES string of the molecule is Cc1ccc(C#N)cc1NC(=O)C1(CN)CCOCC1. The Labute approximate surface area is 118 Å². The van der Waals surface area contributed by atoms with Gasteiger partial charge in [0.2, 0.25) is 5.91 Å². The van der Waals surface area contributed by atoms with Gasteiger partial charge in [-0.25, -0.2) is 0 Å². The monoisotopic (exact) mass is 273 g/mol. The number of rotatable bonds is 3. The van der Waals surface area contributed by atoms with E-state index in [4.69, 9.17) is 15.7 Å². The zero-order chi connectivity index (χ0) is 14.6. The quantitative estimate of drug-likeness (QED) is 0.874. The van der Waals surface area contributed by atoms with E-state index in [-0.39, 0.29) is 5.91 Å². The first-order valence-corrected chi connectivity index (χ1v) is 6.71. The maximum Gasteiger partial charge on any atom is 0.232 e. The molecule has 0 radical (unpaired) electrons. The number of carbonyl (C=O) groups excluding carboxylic acids is 1. The van der Waals surface area contributed by atoms with E-state index >= 15 is 0 Å². The minimum Gasteiger partial charge on any atom is -0.381 e. The van der Waals surface area contributed by atoms with Gasteiger partial charge in [-0.3, -0.25) is 4.79 Å². The van der Waals surface area contributed by atoms with E-state index in [2.05, 4.69) is 11.4 Å². The molecule has 1 aromatic rings. The number of nitrogens with zero attached hydrogens (tertiary/aromatic N) is 1. The molecule has 5 heteroatoms. The highest BCUT2D eigenvalue weighted by atomic mass is 16.5. The predicted octanol–water partition coefficient (Wildman–Crippen LogP) is 1.56. The number of carbonyl (C=O) groups is 1. The van der Waals surface area contributed by atoms with E-state index in [1.807, 2.05) is 13.0 Å². The smallest absolute Gasteiger partial charge is 0.232 e. The van der Waals surface area contributed by atoms with Crippen molar-refractivity contribution in [2.75, 3.05) is 25.1 Å². The van der Waals surface area contributed by atoms with Crippen molar-refractivity contribution >= 4 is 11.6 Å². The van der Waals surface area contributed by atoms with Crippen LogP contribution in [0.3, 0.4) is 0 Å². The summed E-state index contributed by atoms with van der Waals surface area (Å²) in [4.78, 5) is 12.5. The third-order valence-corrected chi connectivity index (χ3v) is 3.94. The van der Waals surface area contributed by atoms with Crippen LogP contribution in [0.1, 0.15) is 24.0 Å². The van der Waals surface area contributed by atoms with Crippen LogP contribution in [-0.2, 0) is 9.53 Å². The van der Waals surface area contributed by atoms with Gasteiger partial charge < -0.3 is 15.8 Å². The molecule has 5 nitrogen and oxygen atoms in total. The fourth-order valence-corrected chi connectivity index (χ4v) is 2.37. The topological polar surface area (TPSA) is 88.1 Å². The van der Waals surface area contributed by atoms with E-state index in [0.29, 0.717) is 43.9 Å². The van der Waals surface area contributed by atoms with Crippen LogP contribution in [0.2, 0.25) is 0 Å². The molecule has 1 aromatic carbocycles.